The summed E-state index contributed by atoms with van der Waals surface area (Å²) < 4.78 is 0. The Morgan fingerprint density at radius 2 is 1.73 bits per heavy atom. The second kappa shape index (κ2) is 5.86. The molecule has 1 heterocycles. The number of rotatable bonds is 3. The van der Waals surface area contributed by atoms with Crippen LogP contribution in [0.2, 0.25) is 0 Å². The van der Waals surface area contributed by atoms with Crippen LogP contribution >= 0.6 is 0 Å². The number of piperidine rings is 1. The van der Waals surface area contributed by atoms with Crippen molar-refractivity contribution in [2.24, 2.45) is 5.92 Å². The van der Waals surface area contributed by atoms with Gasteiger partial charge in [-0.05, 0) is 51.6 Å². The molecule has 0 aromatic rings. The van der Waals surface area contributed by atoms with Gasteiger partial charge in [-0.1, -0.05) is 19.3 Å². The highest BCUT2D eigenvalue weighted by Crippen LogP contribution is 2.26. The molecule has 1 unspecified atom stereocenters. The molecule has 0 radical (unpaired) electrons. The fraction of sp³-hybridized carbons (Fsp3) is 1.00. The van der Waals surface area contributed by atoms with Crippen LogP contribution in [0.15, 0.2) is 0 Å². The van der Waals surface area contributed by atoms with Crippen LogP contribution < -0.4 is 5.32 Å². The van der Waals surface area contributed by atoms with Gasteiger partial charge in [0.1, 0.15) is 0 Å². The average Bonchev–Trinajstić information content (AvgIpc) is 2.31. The third kappa shape index (κ3) is 3.18. The van der Waals surface area contributed by atoms with Crippen molar-refractivity contribution in [3.63, 3.8) is 0 Å². The van der Waals surface area contributed by atoms with E-state index in [4.69, 9.17) is 0 Å². The van der Waals surface area contributed by atoms with Crippen molar-refractivity contribution in [3.05, 3.63) is 0 Å². The van der Waals surface area contributed by atoms with Gasteiger partial charge < -0.3 is 5.32 Å². The molecule has 2 heteroatoms. The average molecular weight is 210 g/mol. The summed E-state index contributed by atoms with van der Waals surface area (Å²) >= 11 is 0. The third-order valence-corrected chi connectivity index (χ3v) is 4.16. The van der Waals surface area contributed by atoms with Crippen LogP contribution in [0.4, 0.5) is 0 Å². The smallest absolute Gasteiger partial charge is 0.0594 e. The van der Waals surface area contributed by atoms with E-state index >= 15 is 0 Å². The lowest BCUT2D eigenvalue weighted by Gasteiger charge is -2.38. The summed E-state index contributed by atoms with van der Waals surface area (Å²) in [5.41, 5.74) is 0. The summed E-state index contributed by atoms with van der Waals surface area (Å²) in [7, 11) is 2.11. The molecule has 0 spiro atoms. The molecule has 2 aliphatic rings. The van der Waals surface area contributed by atoms with Crippen LogP contribution in [0.3, 0.4) is 0 Å². The molecule has 0 amide bonds. The van der Waals surface area contributed by atoms with Crippen molar-refractivity contribution in [3.8, 4) is 0 Å². The maximum atomic E-state index is 3.47. The van der Waals surface area contributed by atoms with Gasteiger partial charge >= 0.3 is 0 Å². The SMILES string of the molecule is CNC1CCCCN1CC1CCCCC1. The standard InChI is InChI=1S/C13H26N2/c1-14-13-9-5-6-10-15(13)11-12-7-3-2-4-8-12/h12-14H,2-11H2,1H3. The molecule has 1 N–H and O–H groups in total. The third-order valence-electron chi connectivity index (χ3n) is 4.16. The minimum Gasteiger partial charge on any atom is -0.305 e. The van der Waals surface area contributed by atoms with Gasteiger partial charge in [-0.15, -0.1) is 0 Å². The number of nitrogens with one attached hydrogen (secondary N) is 1. The lowest BCUT2D eigenvalue weighted by Crippen LogP contribution is -2.49. The van der Waals surface area contributed by atoms with Gasteiger partial charge in [0.15, 0.2) is 0 Å². The lowest BCUT2D eigenvalue weighted by atomic mass is 9.88. The maximum absolute atomic E-state index is 3.47. The topological polar surface area (TPSA) is 15.3 Å². The molecule has 88 valence electrons. The minimum atomic E-state index is 0.667. The quantitative estimate of drug-likeness (QED) is 0.770. The molecule has 2 fully saturated rings. The highest BCUT2D eigenvalue weighted by Gasteiger charge is 2.24. The van der Waals surface area contributed by atoms with E-state index in [0.717, 1.165) is 5.92 Å². The van der Waals surface area contributed by atoms with Gasteiger partial charge in [0, 0.05) is 6.54 Å². The number of hydrogen-bond acceptors (Lipinski definition) is 2. The van der Waals surface area contributed by atoms with Crippen LogP contribution in [0.1, 0.15) is 51.4 Å². The Morgan fingerprint density at radius 1 is 1.00 bits per heavy atom. The van der Waals surface area contributed by atoms with Crippen LogP contribution in [-0.4, -0.2) is 31.2 Å². The van der Waals surface area contributed by atoms with E-state index < -0.39 is 0 Å². The van der Waals surface area contributed by atoms with E-state index in [-0.39, 0.29) is 0 Å². The summed E-state index contributed by atoms with van der Waals surface area (Å²) in [6, 6.07) is 0. The van der Waals surface area contributed by atoms with Crippen molar-refractivity contribution in [1.82, 2.24) is 10.2 Å². The van der Waals surface area contributed by atoms with Gasteiger partial charge in [-0.25, -0.2) is 0 Å². The lowest BCUT2D eigenvalue weighted by molar-refractivity contribution is 0.0967. The fourth-order valence-corrected chi connectivity index (χ4v) is 3.24. The fourth-order valence-electron chi connectivity index (χ4n) is 3.24. The van der Waals surface area contributed by atoms with Gasteiger partial charge in [-0.3, -0.25) is 4.90 Å². The predicted octanol–water partition coefficient (Wildman–Crippen LogP) is 2.60. The molecule has 0 bridgehead atoms. The zero-order valence-corrected chi connectivity index (χ0v) is 10.2. The first-order valence-corrected chi connectivity index (χ1v) is 6.81. The first-order valence-electron chi connectivity index (χ1n) is 6.81. The molecule has 1 aliphatic heterocycles. The van der Waals surface area contributed by atoms with Crippen molar-refractivity contribution >= 4 is 0 Å². The first kappa shape index (κ1) is 11.4. The zero-order chi connectivity index (χ0) is 10.5. The molecule has 1 atom stereocenters. The van der Waals surface area contributed by atoms with Crippen LogP contribution in [0.25, 0.3) is 0 Å². The molecular formula is C13H26N2. The van der Waals surface area contributed by atoms with Crippen LogP contribution in [0, 0.1) is 5.92 Å². The molecular weight excluding hydrogens is 184 g/mol. The second-order valence-corrected chi connectivity index (χ2v) is 5.30. The van der Waals surface area contributed by atoms with E-state index in [1.165, 1.54) is 64.5 Å². The van der Waals surface area contributed by atoms with Gasteiger partial charge in [0.25, 0.3) is 0 Å². The Hall–Kier alpha value is -0.0800. The van der Waals surface area contributed by atoms with Gasteiger partial charge in [0.05, 0.1) is 6.17 Å². The minimum absolute atomic E-state index is 0.667. The van der Waals surface area contributed by atoms with E-state index in [1.54, 1.807) is 0 Å². The summed E-state index contributed by atoms with van der Waals surface area (Å²) in [5.74, 6) is 0.993. The molecule has 1 aliphatic carbocycles. The number of hydrogen-bond donors (Lipinski definition) is 1. The van der Waals surface area contributed by atoms with E-state index in [1.807, 2.05) is 0 Å². The molecule has 1 saturated carbocycles. The number of likely N-dealkylation sites (tertiary alicyclic amines) is 1. The Bertz CT molecular complexity index is 175. The maximum Gasteiger partial charge on any atom is 0.0594 e. The Labute approximate surface area is 94.4 Å². The summed E-state index contributed by atoms with van der Waals surface area (Å²) in [4.78, 5) is 2.69. The summed E-state index contributed by atoms with van der Waals surface area (Å²) in [6.07, 6.45) is 12.2. The largest absolute Gasteiger partial charge is 0.305 e. The van der Waals surface area contributed by atoms with Crippen molar-refractivity contribution < 1.29 is 0 Å². The predicted molar refractivity (Wildman–Crippen MR) is 64.8 cm³/mol. The molecule has 1 saturated heterocycles. The first-order chi connectivity index (χ1) is 7.40. The zero-order valence-electron chi connectivity index (χ0n) is 10.2. The second-order valence-electron chi connectivity index (χ2n) is 5.30. The van der Waals surface area contributed by atoms with Crippen LogP contribution in [0.5, 0.6) is 0 Å². The van der Waals surface area contributed by atoms with Crippen molar-refractivity contribution in [2.45, 2.75) is 57.5 Å². The highest BCUT2D eigenvalue weighted by molar-refractivity contribution is 4.77. The van der Waals surface area contributed by atoms with Crippen molar-refractivity contribution in [1.29, 1.82) is 0 Å². The van der Waals surface area contributed by atoms with E-state index in [2.05, 4.69) is 17.3 Å². The molecule has 0 aromatic heterocycles. The molecule has 15 heavy (non-hydrogen) atoms. The molecule has 2 rings (SSSR count). The Morgan fingerprint density at radius 3 is 2.47 bits per heavy atom. The summed E-state index contributed by atoms with van der Waals surface area (Å²) in [6.45, 7) is 2.67. The Kier molecular flexibility index (Phi) is 4.45. The van der Waals surface area contributed by atoms with E-state index in [9.17, 15) is 0 Å². The van der Waals surface area contributed by atoms with Crippen molar-refractivity contribution in [2.75, 3.05) is 20.1 Å². The normalized spacial score (nSPS) is 30.6. The number of nitrogens with zero attached hydrogens (tertiary/aromatic N) is 1. The van der Waals surface area contributed by atoms with Crippen LogP contribution in [-0.2, 0) is 0 Å². The Balaban J connectivity index is 1.79. The monoisotopic (exact) mass is 210 g/mol. The molecule has 2 nitrogen and oxygen atoms in total. The highest BCUT2D eigenvalue weighted by atomic mass is 15.3. The molecule has 0 aromatic carbocycles. The van der Waals surface area contributed by atoms with E-state index in [0.29, 0.717) is 6.17 Å². The summed E-state index contributed by atoms with van der Waals surface area (Å²) in [5, 5.41) is 3.47. The van der Waals surface area contributed by atoms with Gasteiger partial charge in [-0.2, -0.15) is 0 Å². The van der Waals surface area contributed by atoms with Gasteiger partial charge in [0.2, 0.25) is 0 Å².